The minimum absolute atomic E-state index is 0.448. The van der Waals surface area contributed by atoms with Crippen molar-refractivity contribution in [3.63, 3.8) is 0 Å². The second-order valence-corrected chi connectivity index (χ2v) is 5.04. The molecule has 0 N–H and O–H groups in total. The summed E-state index contributed by atoms with van der Waals surface area (Å²) in [6.45, 7) is 5.50. The molecule has 3 nitrogen and oxygen atoms in total. The zero-order valence-electron chi connectivity index (χ0n) is 9.33. The molecule has 0 amide bonds. The van der Waals surface area contributed by atoms with Crippen LogP contribution >= 0.6 is 7.17 Å². The first kappa shape index (κ1) is 12.4. The quantitative estimate of drug-likeness (QED) is 0.738. The van der Waals surface area contributed by atoms with Crippen molar-refractivity contribution in [2.24, 2.45) is 0 Å². The van der Waals surface area contributed by atoms with Crippen LogP contribution in [0.15, 0.2) is 12.1 Å². The summed E-state index contributed by atoms with van der Waals surface area (Å²) in [5, 5.41) is 0. The molecule has 0 heterocycles. The maximum Gasteiger partial charge on any atom is 0.229 e. The molecule has 0 aliphatic heterocycles. The molecule has 0 aliphatic carbocycles. The summed E-state index contributed by atoms with van der Waals surface area (Å²) in [5.74, 6) is 0. The first-order chi connectivity index (χ1) is 7.51. The van der Waals surface area contributed by atoms with Crippen molar-refractivity contribution in [3.8, 4) is 0 Å². The number of hydrogen-bond donors (Lipinski definition) is 0. The molecule has 0 aliphatic rings. The van der Waals surface area contributed by atoms with Gasteiger partial charge in [-0.2, -0.15) is 0 Å². The second kappa shape index (κ2) is 4.92. The number of benzene rings is 1. The Bertz CT molecular complexity index is 543. The molecule has 0 spiro atoms. The minimum atomic E-state index is -2.09. The predicted octanol–water partition coefficient (Wildman–Crippen LogP) is 2.37. The summed E-state index contributed by atoms with van der Waals surface area (Å²) in [5.41, 5.74) is 5.51. The fraction of sp³-hybridized carbons (Fsp3) is 0.250. The van der Waals surface area contributed by atoms with Crippen molar-refractivity contribution in [2.45, 2.75) is 20.8 Å². The minimum Gasteiger partial charge on any atom is -0.283 e. The van der Waals surface area contributed by atoms with Crippen LogP contribution in [0.2, 0.25) is 0 Å². The SMILES string of the molecule is Cc1cc(C)c(C(=O)P(=C=O)=C=O)c(C)c1. The van der Waals surface area contributed by atoms with Crippen molar-refractivity contribution >= 4 is 24.0 Å². The van der Waals surface area contributed by atoms with E-state index < -0.39 is 12.7 Å². The first-order valence-corrected chi connectivity index (χ1v) is 6.03. The molecule has 0 unspecified atom stereocenters. The third-order valence-corrected chi connectivity index (χ3v) is 3.27. The van der Waals surface area contributed by atoms with Crippen LogP contribution in [0, 0.1) is 20.8 Å². The summed E-state index contributed by atoms with van der Waals surface area (Å²) in [6, 6.07) is 3.70. The largest absolute Gasteiger partial charge is 0.283 e. The van der Waals surface area contributed by atoms with E-state index in [0.717, 1.165) is 16.7 Å². The van der Waals surface area contributed by atoms with Crippen LogP contribution in [0.25, 0.3) is 0 Å². The van der Waals surface area contributed by atoms with E-state index in [1.54, 1.807) is 13.8 Å². The Morgan fingerprint density at radius 3 is 1.88 bits per heavy atom. The van der Waals surface area contributed by atoms with Crippen molar-refractivity contribution in [1.29, 1.82) is 0 Å². The van der Waals surface area contributed by atoms with Crippen LogP contribution in [0.3, 0.4) is 0 Å². The van der Waals surface area contributed by atoms with Gasteiger partial charge in [-0.3, -0.25) is 4.79 Å². The van der Waals surface area contributed by atoms with Crippen molar-refractivity contribution in [3.05, 3.63) is 34.4 Å². The highest BCUT2D eigenvalue weighted by atomic mass is 31.1. The van der Waals surface area contributed by atoms with Gasteiger partial charge in [0.15, 0.2) is 11.3 Å². The van der Waals surface area contributed by atoms with Crippen LogP contribution in [-0.4, -0.2) is 16.8 Å². The van der Waals surface area contributed by atoms with Crippen molar-refractivity contribution < 1.29 is 14.4 Å². The van der Waals surface area contributed by atoms with Gasteiger partial charge in [0.25, 0.3) is 0 Å². The van der Waals surface area contributed by atoms with Gasteiger partial charge in [0.05, 0.1) is 0 Å². The van der Waals surface area contributed by atoms with Crippen LogP contribution in [0.5, 0.6) is 0 Å². The third-order valence-electron chi connectivity index (χ3n) is 2.28. The molecule has 1 aromatic carbocycles. The molecule has 0 saturated carbocycles. The number of rotatable bonds is 2. The first-order valence-electron chi connectivity index (χ1n) is 4.69. The number of carbonyl (C=O) groups excluding carboxylic acids is 3. The summed E-state index contributed by atoms with van der Waals surface area (Å²) in [6.07, 6.45) is 0. The van der Waals surface area contributed by atoms with Gasteiger partial charge in [-0.15, -0.1) is 0 Å². The molecule has 82 valence electrons. The number of aryl methyl sites for hydroxylation is 3. The molecular formula is C12H11O3P. The fourth-order valence-electron chi connectivity index (χ4n) is 1.73. The van der Waals surface area contributed by atoms with Crippen LogP contribution in [0.4, 0.5) is 0 Å². The van der Waals surface area contributed by atoms with E-state index in [0.29, 0.717) is 5.56 Å². The average Bonchev–Trinajstić information content (AvgIpc) is 2.17. The topological polar surface area (TPSA) is 51.2 Å². The van der Waals surface area contributed by atoms with Crippen LogP contribution in [0.1, 0.15) is 27.0 Å². The summed E-state index contributed by atoms with van der Waals surface area (Å²) in [4.78, 5) is 32.8. The smallest absolute Gasteiger partial charge is 0.229 e. The van der Waals surface area contributed by atoms with E-state index in [2.05, 4.69) is 0 Å². The molecule has 0 fully saturated rings. The molecule has 1 rings (SSSR count). The highest BCUT2D eigenvalue weighted by molar-refractivity contribution is 7.72. The Morgan fingerprint density at radius 1 is 1.06 bits per heavy atom. The van der Waals surface area contributed by atoms with Gasteiger partial charge in [-0.25, -0.2) is 9.59 Å². The molecule has 0 bridgehead atoms. The second-order valence-electron chi connectivity index (χ2n) is 3.60. The highest BCUT2D eigenvalue weighted by Crippen LogP contribution is 2.23. The van der Waals surface area contributed by atoms with Crippen LogP contribution in [-0.2, 0) is 9.59 Å². The number of hydrogen-bond acceptors (Lipinski definition) is 3. The van der Waals surface area contributed by atoms with Gasteiger partial charge in [-0.1, -0.05) is 17.7 Å². The van der Waals surface area contributed by atoms with Gasteiger partial charge >= 0.3 is 0 Å². The van der Waals surface area contributed by atoms with Gasteiger partial charge in [0.2, 0.25) is 5.52 Å². The fourth-order valence-corrected chi connectivity index (χ4v) is 2.51. The average molecular weight is 234 g/mol. The lowest BCUT2D eigenvalue weighted by Gasteiger charge is -2.07. The van der Waals surface area contributed by atoms with E-state index in [1.165, 1.54) is 11.3 Å². The van der Waals surface area contributed by atoms with Gasteiger partial charge in [0.1, 0.15) is 7.17 Å². The maximum atomic E-state index is 11.9. The van der Waals surface area contributed by atoms with E-state index in [1.807, 2.05) is 19.1 Å². The molecule has 0 aromatic heterocycles. The lowest BCUT2D eigenvalue weighted by Crippen LogP contribution is -2.00. The normalized spacial score (nSPS) is 10.3. The Morgan fingerprint density at radius 2 is 1.50 bits per heavy atom. The Labute approximate surface area is 94.1 Å². The molecular weight excluding hydrogens is 223 g/mol. The van der Waals surface area contributed by atoms with Crippen molar-refractivity contribution in [2.75, 3.05) is 0 Å². The maximum absolute atomic E-state index is 11.9. The lowest BCUT2D eigenvalue weighted by molar-refractivity contribution is 0.108. The molecule has 4 heteroatoms. The Balaban J connectivity index is 3.53. The summed E-state index contributed by atoms with van der Waals surface area (Å²) >= 11 is 0. The zero-order valence-corrected chi connectivity index (χ0v) is 10.2. The van der Waals surface area contributed by atoms with E-state index >= 15 is 0 Å². The lowest BCUT2D eigenvalue weighted by atomic mass is 10.0. The number of carbonyl (C=O) groups is 1. The molecule has 0 atom stereocenters. The third kappa shape index (κ3) is 2.29. The van der Waals surface area contributed by atoms with Crippen molar-refractivity contribution in [1.82, 2.24) is 0 Å². The summed E-state index contributed by atoms with van der Waals surface area (Å²) in [7, 11) is -2.09. The van der Waals surface area contributed by atoms with Gasteiger partial charge < -0.3 is 0 Å². The Hall–Kier alpha value is -1.65. The highest BCUT2D eigenvalue weighted by Gasteiger charge is 2.14. The summed E-state index contributed by atoms with van der Waals surface area (Å²) < 4.78 is 0. The molecule has 0 radical (unpaired) electrons. The molecule has 1 aromatic rings. The Kier molecular flexibility index (Phi) is 3.82. The predicted molar refractivity (Wildman–Crippen MR) is 63.3 cm³/mol. The van der Waals surface area contributed by atoms with Gasteiger partial charge in [-0.05, 0) is 31.9 Å². The molecule has 0 saturated heterocycles. The molecule has 16 heavy (non-hydrogen) atoms. The monoisotopic (exact) mass is 234 g/mol. The van der Waals surface area contributed by atoms with Gasteiger partial charge in [0, 0.05) is 5.56 Å². The van der Waals surface area contributed by atoms with E-state index in [-0.39, 0.29) is 0 Å². The van der Waals surface area contributed by atoms with Crippen LogP contribution < -0.4 is 0 Å². The standard InChI is InChI=1S/C12H11O3P/c1-8-4-9(2)11(10(3)5-8)12(15)16(6-13)7-14/h4-5H,1-3H3. The zero-order chi connectivity index (χ0) is 12.3. The van der Waals surface area contributed by atoms with E-state index in [9.17, 15) is 14.4 Å². The van der Waals surface area contributed by atoms with E-state index in [4.69, 9.17) is 0 Å².